The Labute approximate surface area is 167 Å². The molecule has 2 aromatic rings. The van der Waals surface area contributed by atoms with Gasteiger partial charge in [-0.25, -0.2) is 14.2 Å². The average molecular weight is 406 g/mol. The van der Waals surface area contributed by atoms with Gasteiger partial charge in [0.15, 0.2) is 0 Å². The zero-order valence-corrected chi connectivity index (χ0v) is 16.1. The molecule has 0 radical (unpaired) electrons. The van der Waals surface area contributed by atoms with Crippen molar-refractivity contribution in [3.05, 3.63) is 53.4 Å². The van der Waals surface area contributed by atoms with Crippen molar-refractivity contribution >= 4 is 35.0 Å². The average Bonchev–Trinajstić information content (AvgIpc) is 2.71. The zero-order valence-electron chi connectivity index (χ0n) is 15.4. The molecule has 1 aliphatic heterocycles. The van der Waals surface area contributed by atoms with Crippen molar-refractivity contribution in [2.75, 3.05) is 36.4 Å². The van der Waals surface area contributed by atoms with Gasteiger partial charge in [0, 0.05) is 38.1 Å². The third-order valence-corrected chi connectivity index (χ3v) is 4.75. The molecule has 0 spiro atoms. The molecule has 2 N–H and O–H groups in total. The minimum Gasteiger partial charge on any atom is -0.353 e. The number of hydrogen-bond donors (Lipinski definition) is 2. The van der Waals surface area contributed by atoms with Crippen molar-refractivity contribution in [1.82, 2.24) is 15.2 Å². The fraction of sp³-hybridized carbons (Fsp3) is 0.316. The van der Waals surface area contributed by atoms with E-state index in [1.807, 2.05) is 18.2 Å². The Bertz CT molecular complexity index is 843. The van der Waals surface area contributed by atoms with Crippen LogP contribution in [-0.2, 0) is 4.79 Å². The highest BCUT2D eigenvalue weighted by atomic mass is 35.5. The summed E-state index contributed by atoms with van der Waals surface area (Å²) in [6.45, 7) is 3.98. The van der Waals surface area contributed by atoms with E-state index in [1.54, 1.807) is 18.0 Å². The van der Waals surface area contributed by atoms with Crippen LogP contribution in [0.15, 0.2) is 42.6 Å². The van der Waals surface area contributed by atoms with Gasteiger partial charge < -0.3 is 20.4 Å². The van der Waals surface area contributed by atoms with Crippen LogP contribution in [0.5, 0.6) is 0 Å². The van der Waals surface area contributed by atoms with Crippen molar-refractivity contribution in [2.45, 2.75) is 13.0 Å². The van der Waals surface area contributed by atoms with Gasteiger partial charge in [-0.05, 0) is 37.3 Å². The number of pyridine rings is 1. The number of urea groups is 1. The van der Waals surface area contributed by atoms with Crippen LogP contribution in [0.3, 0.4) is 0 Å². The molecular weight excluding hydrogens is 385 g/mol. The molecule has 1 fully saturated rings. The Hall–Kier alpha value is -2.87. The van der Waals surface area contributed by atoms with Gasteiger partial charge in [-0.3, -0.25) is 4.79 Å². The van der Waals surface area contributed by atoms with Crippen LogP contribution in [0.1, 0.15) is 6.92 Å². The predicted octanol–water partition coefficient (Wildman–Crippen LogP) is 2.73. The number of rotatable bonds is 4. The maximum atomic E-state index is 13.2. The Morgan fingerprint density at radius 2 is 1.93 bits per heavy atom. The molecular formula is C19H21ClFN5O2. The van der Waals surface area contributed by atoms with E-state index >= 15 is 0 Å². The van der Waals surface area contributed by atoms with Crippen LogP contribution < -0.4 is 15.5 Å². The van der Waals surface area contributed by atoms with Gasteiger partial charge in [0.1, 0.15) is 17.7 Å². The standard InChI is InChI=1S/C19H21ClFN5O2/c1-13(18(27)24-14-5-6-16(21)15(20)12-14)23-19(28)26-10-8-25(9-11-26)17-4-2-3-7-22-17/h2-7,12-13H,8-11H2,1H3,(H,23,28)(H,24,27)/t13-/m0/s1. The Morgan fingerprint density at radius 3 is 2.57 bits per heavy atom. The molecule has 148 valence electrons. The predicted molar refractivity (Wildman–Crippen MR) is 106 cm³/mol. The van der Waals surface area contributed by atoms with E-state index in [9.17, 15) is 14.0 Å². The number of nitrogens with zero attached hydrogens (tertiary/aromatic N) is 3. The summed E-state index contributed by atoms with van der Waals surface area (Å²) in [5, 5.41) is 5.21. The van der Waals surface area contributed by atoms with Gasteiger partial charge >= 0.3 is 6.03 Å². The molecule has 1 aliphatic rings. The highest BCUT2D eigenvalue weighted by Gasteiger charge is 2.24. The summed E-state index contributed by atoms with van der Waals surface area (Å²) in [7, 11) is 0. The molecule has 1 aromatic heterocycles. The summed E-state index contributed by atoms with van der Waals surface area (Å²) in [6.07, 6.45) is 1.74. The van der Waals surface area contributed by atoms with E-state index < -0.39 is 17.8 Å². The molecule has 7 nitrogen and oxygen atoms in total. The second-order valence-electron chi connectivity index (χ2n) is 6.45. The molecule has 9 heteroatoms. The quantitative estimate of drug-likeness (QED) is 0.820. The van der Waals surface area contributed by atoms with Crippen LogP contribution in [0.4, 0.5) is 20.7 Å². The number of benzene rings is 1. The summed E-state index contributed by atoms with van der Waals surface area (Å²) in [5.74, 6) is -0.0951. The first-order valence-corrected chi connectivity index (χ1v) is 9.29. The molecule has 1 atom stereocenters. The largest absolute Gasteiger partial charge is 0.353 e. The van der Waals surface area contributed by atoms with Crippen molar-refractivity contribution in [3.8, 4) is 0 Å². The van der Waals surface area contributed by atoms with E-state index in [1.165, 1.54) is 18.2 Å². The van der Waals surface area contributed by atoms with E-state index in [0.29, 0.717) is 31.9 Å². The molecule has 0 unspecified atom stereocenters. The Kier molecular flexibility index (Phi) is 6.30. The van der Waals surface area contributed by atoms with Crippen molar-refractivity contribution in [1.29, 1.82) is 0 Å². The first-order chi connectivity index (χ1) is 13.4. The summed E-state index contributed by atoms with van der Waals surface area (Å²) in [5.41, 5.74) is 0.362. The van der Waals surface area contributed by atoms with E-state index in [2.05, 4.69) is 20.5 Å². The van der Waals surface area contributed by atoms with Crippen molar-refractivity contribution in [3.63, 3.8) is 0 Å². The number of carbonyl (C=O) groups is 2. The molecule has 0 saturated carbocycles. The molecule has 3 amide bonds. The van der Waals surface area contributed by atoms with Crippen molar-refractivity contribution in [2.24, 2.45) is 0 Å². The Balaban J connectivity index is 1.48. The van der Waals surface area contributed by atoms with Gasteiger partial charge in [-0.1, -0.05) is 17.7 Å². The topological polar surface area (TPSA) is 77.6 Å². The van der Waals surface area contributed by atoms with Gasteiger partial charge in [0.25, 0.3) is 0 Å². The number of piperazine rings is 1. The van der Waals surface area contributed by atoms with Gasteiger partial charge in [0.05, 0.1) is 5.02 Å². The fourth-order valence-corrected chi connectivity index (χ4v) is 3.03. The summed E-state index contributed by atoms with van der Waals surface area (Å²) in [4.78, 5) is 32.8. The first-order valence-electron chi connectivity index (χ1n) is 8.91. The molecule has 3 rings (SSSR count). The van der Waals surface area contributed by atoms with Gasteiger partial charge in [-0.2, -0.15) is 0 Å². The number of hydrogen-bond acceptors (Lipinski definition) is 4. The smallest absolute Gasteiger partial charge is 0.318 e. The monoisotopic (exact) mass is 405 g/mol. The lowest BCUT2D eigenvalue weighted by molar-refractivity contribution is -0.117. The van der Waals surface area contributed by atoms with Crippen LogP contribution in [-0.4, -0.2) is 54.0 Å². The molecule has 28 heavy (non-hydrogen) atoms. The van der Waals surface area contributed by atoms with Gasteiger partial charge in [-0.15, -0.1) is 0 Å². The van der Waals surface area contributed by atoms with Crippen LogP contribution >= 0.6 is 11.6 Å². The van der Waals surface area contributed by atoms with Crippen molar-refractivity contribution < 1.29 is 14.0 Å². The van der Waals surface area contributed by atoms with E-state index in [-0.39, 0.29) is 11.1 Å². The number of halogens is 2. The minimum absolute atomic E-state index is 0.0831. The van der Waals surface area contributed by atoms with Crippen LogP contribution in [0.25, 0.3) is 0 Å². The maximum absolute atomic E-state index is 13.2. The lowest BCUT2D eigenvalue weighted by Gasteiger charge is -2.35. The summed E-state index contributed by atoms with van der Waals surface area (Å²) >= 11 is 5.71. The van der Waals surface area contributed by atoms with Crippen LogP contribution in [0.2, 0.25) is 5.02 Å². The number of carbonyl (C=O) groups excluding carboxylic acids is 2. The molecule has 0 aliphatic carbocycles. The lowest BCUT2D eigenvalue weighted by Crippen LogP contribution is -2.54. The second kappa shape index (κ2) is 8.88. The normalized spacial score (nSPS) is 15.1. The highest BCUT2D eigenvalue weighted by molar-refractivity contribution is 6.31. The molecule has 1 aromatic carbocycles. The SMILES string of the molecule is C[C@H](NC(=O)N1CCN(c2ccccn2)CC1)C(=O)Nc1ccc(F)c(Cl)c1. The third kappa shape index (κ3) is 4.89. The summed E-state index contributed by atoms with van der Waals surface area (Å²) < 4.78 is 13.2. The minimum atomic E-state index is -0.759. The Morgan fingerprint density at radius 1 is 1.18 bits per heavy atom. The number of amides is 3. The number of anilines is 2. The van der Waals surface area contributed by atoms with E-state index in [0.717, 1.165) is 5.82 Å². The lowest BCUT2D eigenvalue weighted by atomic mass is 10.2. The molecule has 1 saturated heterocycles. The fourth-order valence-electron chi connectivity index (χ4n) is 2.85. The zero-order chi connectivity index (χ0) is 20.1. The maximum Gasteiger partial charge on any atom is 0.318 e. The second-order valence-corrected chi connectivity index (χ2v) is 6.86. The van der Waals surface area contributed by atoms with E-state index in [4.69, 9.17) is 11.6 Å². The number of aromatic nitrogens is 1. The first kappa shape index (κ1) is 19.9. The van der Waals surface area contributed by atoms with Gasteiger partial charge in [0.2, 0.25) is 5.91 Å². The highest BCUT2D eigenvalue weighted by Crippen LogP contribution is 2.19. The molecule has 0 bridgehead atoms. The number of nitrogens with one attached hydrogen (secondary N) is 2. The van der Waals surface area contributed by atoms with Crippen LogP contribution in [0, 0.1) is 5.82 Å². The molecule has 2 heterocycles. The third-order valence-electron chi connectivity index (χ3n) is 4.46. The summed E-state index contributed by atoms with van der Waals surface area (Å²) in [6, 6.07) is 8.55.